The van der Waals surface area contributed by atoms with E-state index in [1.54, 1.807) is 6.07 Å². The standard InChI is InChI=1S/C12H18N4O3S/c1-8-7-9(2)14-12(13-8)15-11(17)10-5-4-6-16(10)20(3,18)19/h7,10H,4-6H2,1-3H3,(H,13,14,15,17)/t10-/m0/s1. The molecule has 0 bridgehead atoms. The van der Waals surface area contributed by atoms with Crippen LogP contribution in [0.25, 0.3) is 0 Å². The molecule has 1 atom stereocenters. The molecule has 0 aromatic carbocycles. The number of nitrogens with zero attached hydrogens (tertiary/aromatic N) is 3. The van der Waals surface area contributed by atoms with Gasteiger partial charge in [0.1, 0.15) is 6.04 Å². The van der Waals surface area contributed by atoms with E-state index >= 15 is 0 Å². The first-order valence-corrected chi connectivity index (χ1v) is 8.22. The van der Waals surface area contributed by atoms with E-state index in [4.69, 9.17) is 0 Å². The number of nitrogens with one attached hydrogen (secondary N) is 1. The molecule has 1 N–H and O–H groups in total. The average molecular weight is 298 g/mol. The summed E-state index contributed by atoms with van der Waals surface area (Å²) in [6, 6.07) is 1.13. The fraction of sp³-hybridized carbons (Fsp3) is 0.583. The van der Waals surface area contributed by atoms with Gasteiger partial charge in [0, 0.05) is 17.9 Å². The highest BCUT2D eigenvalue weighted by atomic mass is 32.2. The number of anilines is 1. The first-order valence-electron chi connectivity index (χ1n) is 6.37. The molecule has 20 heavy (non-hydrogen) atoms. The molecule has 0 spiro atoms. The van der Waals surface area contributed by atoms with Crippen LogP contribution >= 0.6 is 0 Å². The van der Waals surface area contributed by atoms with Crippen LogP contribution < -0.4 is 5.32 Å². The molecule has 2 rings (SSSR count). The number of hydrogen-bond donors (Lipinski definition) is 1. The number of sulfonamides is 1. The van der Waals surface area contributed by atoms with Gasteiger partial charge in [0.2, 0.25) is 21.9 Å². The summed E-state index contributed by atoms with van der Waals surface area (Å²) in [4.78, 5) is 20.4. The molecule has 1 amide bonds. The Morgan fingerprint density at radius 3 is 2.50 bits per heavy atom. The van der Waals surface area contributed by atoms with Gasteiger partial charge in [-0.3, -0.25) is 10.1 Å². The summed E-state index contributed by atoms with van der Waals surface area (Å²) in [5.74, 6) is -0.161. The molecule has 1 aliphatic rings. The molecule has 1 aromatic heterocycles. The zero-order chi connectivity index (χ0) is 14.9. The maximum absolute atomic E-state index is 12.2. The Bertz CT molecular complexity index is 609. The molecule has 110 valence electrons. The van der Waals surface area contributed by atoms with Gasteiger partial charge in [0.15, 0.2) is 0 Å². The Kier molecular flexibility index (Phi) is 4.05. The van der Waals surface area contributed by atoms with Crippen molar-refractivity contribution in [1.82, 2.24) is 14.3 Å². The zero-order valence-electron chi connectivity index (χ0n) is 11.8. The molecule has 1 saturated heterocycles. The summed E-state index contributed by atoms with van der Waals surface area (Å²) in [7, 11) is -3.37. The lowest BCUT2D eigenvalue weighted by molar-refractivity contribution is -0.119. The minimum atomic E-state index is -3.37. The number of carbonyl (C=O) groups excluding carboxylic acids is 1. The van der Waals surface area contributed by atoms with E-state index in [9.17, 15) is 13.2 Å². The number of hydrogen-bond acceptors (Lipinski definition) is 5. The quantitative estimate of drug-likeness (QED) is 0.875. The third-order valence-electron chi connectivity index (χ3n) is 3.15. The Labute approximate surface area is 118 Å². The topological polar surface area (TPSA) is 92.3 Å². The number of carbonyl (C=O) groups is 1. The number of aromatic nitrogens is 2. The largest absolute Gasteiger partial charge is 0.293 e. The van der Waals surface area contributed by atoms with E-state index in [2.05, 4.69) is 15.3 Å². The summed E-state index contributed by atoms with van der Waals surface area (Å²) in [5.41, 5.74) is 1.50. The number of aryl methyl sites for hydroxylation is 2. The van der Waals surface area contributed by atoms with Gasteiger partial charge >= 0.3 is 0 Å². The first kappa shape index (κ1) is 14.9. The molecule has 0 aliphatic carbocycles. The third-order valence-corrected chi connectivity index (χ3v) is 4.44. The lowest BCUT2D eigenvalue weighted by Crippen LogP contribution is -2.42. The predicted octanol–water partition coefficient (Wildman–Crippen LogP) is 0.456. The van der Waals surface area contributed by atoms with Crippen LogP contribution in [0.5, 0.6) is 0 Å². The highest BCUT2D eigenvalue weighted by molar-refractivity contribution is 7.88. The van der Waals surface area contributed by atoms with Crippen LogP contribution in [-0.2, 0) is 14.8 Å². The minimum absolute atomic E-state index is 0.216. The van der Waals surface area contributed by atoms with Crippen LogP contribution in [-0.4, -0.2) is 47.4 Å². The van der Waals surface area contributed by atoms with E-state index in [1.807, 2.05) is 13.8 Å². The maximum Gasteiger partial charge on any atom is 0.245 e. The zero-order valence-corrected chi connectivity index (χ0v) is 12.6. The molecular weight excluding hydrogens is 280 g/mol. The van der Waals surface area contributed by atoms with Crippen LogP contribution in [0.3, 0.4) is 0 Å². The van der Waals surface area contributed by atoms with Gasteiger partial charge in [-0.05, 0) is 32.8 Å². The Morgan fingerprint density at radius 2 is 1.95 bits per heavy atom. The average Bonchev–Trinajstić information content (AvgIpc) is 2.75. The van der Waals surface area contributed by atoms with Crippen LogP contribution in [0, 0.1) is 13.8 Å². The summed E-state index contributed by atoms with van der Waals surface area (Å²) < 4.78 is 24.5. The molecular formula is C12H18N4O3S. The van der Waals surface area contributed by atoms with Crippen molar-refractivity contribution in [2.45, 2.75) is 32.7 Å². The molecule has 1 aromatic rings. The summed E-state index contributed by atoms with van der Waals surface area (Å²) in [6.07, 6.45) is 2.31. The van der Waals surface area contributed by atoms with Crippen molar-refractivity contribution in [3.05, 3.63) is 17.5 Å². The van der Waals surface area contributed by atoms with Crippen LogP contribution in [0.4, 0.5) is 5.95 Å². The maximum atomic E-state index is 12.2. The molecule has 1 fully saturated rings. The summed E-state index contributed by atoms with van der Waals surface area (Å²) in [5, 5.41) is 2.60. The summed E-state index contributed by atoms with van der Waals surface area (Å²) >= 11 is 0. The smallest absolute Gasteiger partial charge is 0.245 e. The van der Waals surface area contributed by atoms with Crippen LogP contribution in [0.2, 0.25) is 0 Å². The molecule has 0 radical (unpaired) electrons. The first-order chi connectivity index (χ1) is 9.27. The van der Waals surface area contributed by atoms with Crippen molar-refractivity contribution >= 4 is 21.9 Å². The van der Waals surface area contributed by atoms with E-state index in [0.717, 1.165) is 17.6 Å². The molecule has 8 heteroatoms. The minimum Gasteiger partial charge on any atom is -0.293 e. The van der Waals surface area contributed by atoms with Crippen molar-refractivity contribution in [2.24, 2.45) is 0 Å². The molecule has 1 aliphatic heterocycles. The fourth-order valence-corrected chi connectivity index (χ4v) is 3.50. The second-order valence-corrected chi connectivity index (χ2v) is 6.93. The van der Waals surface area contributed by atoms with E-state index in [1.165, 1.54) is 4.31 Å². The van der Waals surface area contributed by atoms with Crippen LogP contribution in [0.1, 0.15) is 24.2 Å². The van der Waals surface area contributed by atoms with Gasteiger partial charge in [-0.15, -0.1) is 0 Å². The van der Waals surface area contributed by atoms with E-state index in [0.29, 0.717) is 19.4 Å². The monoisotopic (exact) mass is 298 g/mol. The Hall–Kier alpha value is -1.54. The number of rotatable bonds is 3. The Morgan fingerprint density at radius 1 is 1.35 bits per heavy atom. The van der Waals surface area contributed by atoms with E-state index < -0.39 is 16.1 Å². The Balaban J connectivity index is 2.15. The second-order valence-electron chi connectivity index (χ2n) is 5.00. The fourth-order valence-electron chi connectivity index (χ4n) is 2.37. The van der Waals surface area contributed by atoms with Crippen molar-refractivity contribution in [3.63, 3.8) is 0 Å². The lowest BCUT2D eigenvalue weighted by atomic mass is 10.2. The number of amides is 1. The second kappa shape index (κ2) is 5.45. The van der Waals surface area contributed by atoms with Gasteiger partial charge in [-0.25, -0.2) is 18.4 Å². The SMILES string of the molecule is Cc1cc(C)nc(NC(=O)[C@@H]2CCCN2S(C)(=O)=O)n1. The van der Waals surface area contributed by atoms with Crippen molar-refractivity contribution < 1.29 is 13.2 Å². The van der Waals surface area contributed by atoms with Gasteiger partial charge in [-0.2, -0.15) is 4.31 Å². The van der Waals surface area contributed by atoms with Gasteiger partial charge in [-0.1, -0.05) is 0 Å². The van der Waals surface area contributed by atoms with Crippen molar-refractivity contribution in [3.8, 4) is 0 Å². The van der Waals surface area contributed by atoms with Crippen LogP contribution in [0.15, 0.2) is 6.07 Å². The molecule has 2 heterocycles. The highest BCUT2D eigenvalue weighted by Crippen LogP contribution is 2.21. The highest BCUT2D eigenvalue weighted by Gasteiger charge is 2.36. The summed E-state index contributed by atoms with van der Waals surface area (Å²) in [6.45, 7) is 4.00. The van der Waals surface area contributed by atoms with Crippen molar-refractivity contribution in [2.75, 3.05) is 18.1 Å². The molecule has 7 nitrogen and oxygen atoms in total. The van der Waals surface area contributed by atoms with Gasteiger partial charge in [0.05, 0.1) is 6.26 Å². The van der Waals surface area contributed by atoms with Crippen molar-refractivity contribution in [1.29, 1.82) is 0 Å². The normalized spacial score (nSPS) is 20.1. The van der Waals surface area contributed by atoms with E-state index in [-0.39, 0.29) is 11.9 Å². The molecule has 0 saturated carbocycles. The molecule has 0 unspecified atom stereocenters. The lowest BCUT2D eigenvalue weighted by Gasteiger charge is -2.20. The predicted molar refractivity (Wildman–Crippen MR) is 74.7 cm³/mol. The van der Waals surface area contributed by atoms with Gasteiger partial charge in [0.25, 0.3) is 0 Å². The van der Waals surface area contributed by atoms with Gasteiger partial charge < -0.3 is 0 Å². The third kappa shape index (κ3) is 3.31.